The first-order valence-corrected chi connectivity index (χ1v) is 7.66. The third-order valence-electron chi connectivity index (χ3n) is 3.07. The van der Waals surface area contributed by atoms with Gasteiger partial charge in [0.15, 0.2) is 0 Å². The third-order valence-corrected chi connectivity index (χ3v) is 5.39. The van der Waals surface area contributed by atoms with E-state index >= 15 is 0 Å². The molecule has 4 nitrogen and oxygen atoms in total. The molecule has 0 aliphatic carbocycles. The summed E-state index contributed by atoms with van der Waals surface area (Å²) in [5.41, 5.74) is 5.86. The zero-order valence-corrected chi connectivity index (χ0v) is 11.9. The molecule has 0 bridgehead atoms. The van der Waals surface area contributed by atoms with Crippen molar-refractivity contribution in [1.82, 2.24) is 4.31 Å². The number of benzene rings is 1. The van der Waals surface area contributed by atoms with Crippen LogP contribution in [0.4, 0.5) is 0 Å². The van der Waals surface area contributed by atoms with Crippen molar-refractivity contribution >= 4 is 26.0 Å². The fourth-order valence-electron chi connectivity index (χ4n) is 1.92. The number of halogens is 1. The van der Waals surface area contributed by atoms with E-state index in [1.54, 1.807) is 24.3 Å². The summed E-state index contributed by atoms with van der Waals surface area (Å²) >= 11 is 3.28. The van der Waals surface area contributed by atoms with Crippen LogP contribution in [0, 0.1) is 5.92 Å². The molecular formula is C11H15BrN2O2S. The summed E-state index contributed by atoms with van der Waals surface area (Å²) in [6, 6.07) is 6.67. The Labute approximate surface area is 110 Å². The maximum Gasteiger partial charge on any atom is 0.243 e. The second kappa shape index (κ2) is 4.68. The Bertz CT molecular complexity index is 508. The van der Waals surface area contributed by atoms with Crippen LogP contribution in [0.25, 0.3) is 0 Å². The van der Waals surface area contributed by atoms with Crippen LogP contribution in [0.5, 0.6) is 0 Å². The van der Waals surface area contributed by atoms with E-state index in [0.29, 0.717) is 18.0 Å². The average molecular weight is 319 g/mol. The van der Waals surface area contributed by atoms with E-state index < -0.39 is 10.0 Å². The lowest BCUT2D eigenvalue weighted by molar-refractivity contribution is 0.464. The lowest BCUT2D eigenvalue weighted by Crippen LogP contribution is -2.32. The van der Waals surface area contributed by atoms with Crippen LogP contribution in [-0.2, 0) is 10.0 Å². The quantitative estimate of drug-likeness (QED) is 0.897. The van der Waals surface area contributed by atoms with E-state index in [-0.39, 0.29) is 12.0 Å². The SMILES string of the molecule is CC1CN(S(=O)(=O)c2cccc(Br)c2)CC1N. The first kappa shape index (κ1) is 13.0. The summed E-state index contributed by atoms with van der Waals surface area (Å²) in [4.78, 5) is 0.313. The summed E-state index contributed by atoms with van der Waals surface area (Å²) in [6.45, 7) is 2.87. The smallest absolute Gasteiger partial charge is 0.243 e. The molecule has 0 spiro atoms. The Balaban J connectivity index is 2.32. The van der Waals surface area contributed by atoms with Gasteiger partial charge in [-0.05, 0) is 24.1 Å². The highest BCUT2D eigenvalue weighted by atomic mass is 79.9. The summed E-state index contributed by atoms with van der Waals surface area (Å²) in [5.74, 6) is 0.205. The van der Waals surface area contributed by atoms with Crippen LogP contribution >= 0.6 is 15.9 Å². The van der Waals surface area contributed by atoms with Gasteiger partial charge < -0.3 is 5.73 Å². The number of hydrogen-bond donors (Lipinski definition) is 1. The molecule has 0 saturated carbocycles. The number of nitrogens with zero attached hydrogens (tertiary/aromatic N) is 1. The number of nitrogens with two attached hydrogens (primary N) is 1. The molecule has 17 heavy (non-hydrogen) atoms. The maximum atomic E-state index is 12.3. The highest BCUT2D eigenvalue weighted by Gasteiger charge is 2.35. The van der Waals surface area contributed by atoms with Gasteiger partial charge in [-0.1, -0.05) is 28.9 Å². The zero-order chi connectivity index (χ0) is 12.6. The van der Waals surface area contributed by atoms with Crippen molar-refractivity contribution in [2.24, 2.45) is 11.7 Å². The molecule has 0 aromatic heterocycles. The molecule has 1 fully saturated rings. The fourth-order valence-corrected chi connectivity index (χ4v) is 4.09. The van der Waals surface area contributed by atoms with Crippen LogP contribution in [0.1, 0.15) is 6.92 Å². The first-order valence-electron chi connectivity index (χ1n) is 5.42. The van der Waals surface area contributed by atoms with Gasteiger partial charge in [0, 0.05) is 23.6 Å². The van der Waals surface area contributed by atoms with Crippen molar-refractivity contribution in [3.8, 4) is 0 Å². The van der Waals surface area contributed by atoms with Crippen LogP contribution in [0.2, 0.25) is 0 Å². The minimum absolute atomic E-state index is 0.0723. The lowest BCUT2D eigenvalue weighted by atomic mass is 10.1. The maximum absolute atomic E-state index is 12.3. The van der Waals surface area contributed by atoms with Crippen LogP contribution in [0.15, 0.2) is 33.6 Å². The molecule has 1 saturated heterocycles. The lowest BCUT2D eigenvalue weighted by Gasteiger charge is -2.16. The summed E-state index contributed by atoms with van der Waals surface area (Å²) < 4.78 is 26.9. The highest BCUT2D eigenvalue weighted by molar-refractivity contribution is 9.10. The van der Waals surface area contributed by atoms with E-state index in [1.165, 1.54) is 4.31 Å². The second-order valence-electron chi connectivity index (χ2n) is 4.42. The van der Waals surface area contributed by atoms with Crippen LogP contribution in [0.3, 0.4) is 0 Å². The van der Waals surface area contributed by atoms with E-state index in [0.717, 1.165) is 4.47 Å². The standard InChI is InChI=1S/C11H15BrN2O2S/c1-8-6-14(7-11(8)13)17(15,16)10-4-2-3-9(12)5-10/h2-5,8,11H,6-7,13H2,1H3. The topological polar surface area (TPSA) is 63.4 Å². The molecule has 2 N–H and O–H groups in total. The van der Waals surface area contributed by atoms with Crippen molar-refractivity contribution in [1.29, 1.82) is 0 Å². The second-order valence-corrected chi connectivity index (χ2v) is 7.27. The van der Waals surface area contributed by atoms with Gasteiger partial charge in [0.05, 0.1) is 4.90 Å². The Morgan fingerprint density at radius 1 is 1.41 bits per heavy atom. The minimum Gasteiger partial charge on any atom is -0.326 e. The average Bonchev–Trinajstić information content (AvgIpc) is 2.60. The largest absolute Gasteiger partial charge is 0.326 e. The van der Waals surface area contributed by atoms with E-state index in [1.807, 2.05) is 6.92 Å². The molecule has 1 aromatic carbocycles. The van der Waals surface area contributed by atoms with Crippen LogP contribution < -0.4 is 5.73 Å². The van der Waals surface area contributed by atoms with Crippen molar-refractivity contribution < 1.29 is 8.42 Å². The van der Waals surface area contributed by atoms with E-state index in [2.05, 4.69) is 15.9 Å². The number of hydrogen-bond acceptors (Lipinski definition) is 3. The first-order chi connectivity index (χ1) is 7.91. The highest BCUT2D eigenvalue weighted by Crippen LogP contribution is 2.25. The predicted octanol–water partition coefficient (Wildman–Crippen LogP) is 1.42. The van der Waals surface area contributed by atoms with Gasteiger partial charge in [-0.25, -0.2) is 8.42 Å². The monoisotopic (exact) mass is 318 g/mol. The normalized spacial score (nSPS) is 26.3. The van der Waals surface area contributed by atoms with Crippen LogP contribution in [-0.4, -0.2) is 31.9 Å². The van der Waals surface area contributed by atoms with Gasteiger partial charge in [0.1, 0.15) is 0 Å². The van der Waals surface area contributed by atoms with Gasteiger partial charge in [0.25, 0.3) is 0 Å². The van der Waals surface area contributed by atoms with Crippen molar-refractivity contribution in [3.05, 3.63) is 28.7 Å². The molecule has 94 valence electrons. The Morgan fingerprint density at radius 3 is 2.65 bits per heavy atom. The van der Waals surface area contributed by atoms with Gasteiger partial charge in [-0.3, -0.25) is 0 Å². The molecule has 0 radical (unpaired) electrons. The molecule has 0 amide bonds. The molecule has 2 rings (SSSR count). The number of sulfonamides is 1. The molecule has 1 aromatic rings. The molecule has 1 aliphatic heterocycles. The summed E-state index contributed by atoms with van der Waals surface area (Å²) in [5, 5.41) is 0. The van der Waals surface area contributed by atoms with Gasteiger partial charge in [-0.15, -0.1) is 0 Å². The molecule has 2 atom stereocenters. The summed E-state index contributed by atoms with van der Waals surface area (Å²) in [6.07, 6.45) is 0. The van der Waals surface area contributed by atoms with E-state index in [4.69, 9.17) is 5.73 Å². The van der Waals surface area contributed by atoms with Crippen molar-refractivity contribution in [2.45, 2.75) is 17.9 Å². The molecule has 2 unspecified atom stereocenters. The van der Waals surface area contributed by atoms with Crippen molar-refractivity contribution in [3.63, 3.8) is 0 Å². The molecular weight excluding hydrogens is 304 g/mol. The Morgan fingerprint density at radius 2 is 2.12 bits per heavy atom. The van der Waals surface area contributed by atoms with Gasteiger partial charge >= 0.3 is 0 Å². The van der Waals surface area contributed by atoms with Crippen molar-refractivity contribution in [2.75, 3.05) is 13.1 Å². The Kier molecular flexibility index (Phi) is 3.58. The number of rotatable bonds is 2. The Hall–Kier alpha value is -0.430. The zero-order valence-electron chi connectivity index (χ0n) is 9.51. The fraction of sp³-hybridized carbons (Fsp3) is 0.455. The molecule has 1 heterocycles. The van der Waals surface area contributed by atoms with E-state index in [9.17, 15) is 8.42 Å². The van der Waals surface area contributed by atoms with Gasteiger partial charge in [-0.2, -0.15) is 4.31 Å². The predicted molar refractivity (Wildman–Crippen MR) is 70.0 cm³/mol. The molecule has 6 heteroatoms. The van der Waals surface area contributed by atoms with Gasteiger partial charge in [0.2, 0.25) is 10.0 Å². The minimum atomic E-state index is -3.40. The summed E-state index contributed by atoms with van der Waals surface area (Å²) in [7, 11) is -3.40. The molecule has 1 aliphatic rings. The third kappa shape index (κ3) is 2.54.